The second-order valence-electron chi connectivity index (χ2n) is 13.8. The summed E-state index contributed by atoms with van der Waals surface area (Å²) in [5, 5.41) is 2.42. The van der Waals surface area contributed by atoms with Crippen LogP contribution >= 0.6 is 0 Å². The van der Waals surface area contributed by atoms with Gasteiger partial charge in [-0.15, -0.1) is 0 Å². The number of anilines is 1. The van der Waals surface area contributed by atoms with Crippen LogP contribution in [-0.4, -0.2) is 15.0 Å². The van der Waals surface area contributed by atoms with Crippen LogP contribution in [0, 0.1) is 0 Å². The summed E-state index contributed by atoms with van der Waals surface area (Å²) in [5.74, 6) is 1.92. The second-order valence-corrected chi connectivity index (χ2v) is 13.8. The summed E-state index contributed by atoms with van der Waals surface area (Å²) in [7, 11) is 0. The average Bonchev–Trinajstić information content (AvgIpc) is 3.55. The number of nitrogens with two attached hydrogens (primary N) is 1. The van der Waals surface area contributed by atoms with Gasteiger partial charge in [0.1, 0.15) is 0 Å². The van der Waals surface area contributed by atoms with Gasteiger partial charge in [-0.2, -0.15) is 0 Å². The molecule has 2 N–H and O–H groups in total. The zero-order valence-electron chi connectivity index (χ0n) is 29.4. The highest BCUT2D eigenvalue weighted by atomic mass is 15.0. The van der Waals surface area contributed by atoms with Crippen LogP contribution in [0.25, 0.3) is 67.2 Å². The van der Waals surface area contributed by atoms with E-state index in [9.17, 15) is 0 Å². The first-order chi connectivity index (χ1) is 26.7. The largest absolute Gasteiger partial charge is 0.399 e. The highest BCUT2D eigenvalue weighted by Crippen LogP contribution is 2.59. The molecule has 0 fully saturated rings. The fourth-order valence-corrected chi connectivity index (χ4v) is 8.36. The SMILES string of the molecule is Nc1cccc(C2(c3ccccc3)c3ccccc3-c3c2cc(-c2ccc(-c4nc(-c5ccccc5)nc(-c5ccccc5)n4)cc2)c2ccccc32)c1. The molecule has 0 saturated carbocycles. The molecule has 1 unspecified atom stereocenters. The monoisotopic (exact) mass is 690 g/mol. The van der Waals surface area contributed by atoms with Gasteiger partial charge < -0.3 is 5.73 Å². The van der Waals surface area contributed by atoms with Crippen molar-refractivity contribution in [2.24, 2.45) is 0 Å². The molecule has 1 aliphatic carbocycles. The van der Waals surface area contributed by atoms with Crippen molar-refractivity contribution in [2.45, 2.75) is 5.41 Å². The molecule has 0 amide bonds. The van der Waals surface area contributed by atoms with Gasteiger partial charge in [-0.25, -0.2) is 15.0 Å². The van der Waals surface area contributed by atoms with Gasteiger partial charge in [0.15, 0.2) is 17.5 Å². The van der Waals surface area contributed by atoms with Gasteiger partial charge >= 0.3 is 0 Å². The zero-order chi connectivity index (χ0) is 36.1. The van der Waals surface area contributed by atoms with E-state index in [0.29, 0.717) is 17.5 Å². The van der Waals surface area contributed by atoms with Crippen LogP contribution in [0.2, 0.25) is 0 Å². The van der Waals surface area contributed by atoms with E-state index in [-0.39, 0.29) is 0 Å². The lowest BCUT2D eigenvalue weighted by Gasteiger charge is -2.34. The maximum absolute atomic E-state index is 6.55. The molecule has 4 heteroatoms. The van der Waals surface area contributed by atoms with E-state index in [0.717, 1.165) is 33.5 Å². The van der Waals surface area contributed by atoms with Gasteiger partial charge in [-0.1, -0.05) is 176 Å². The Hall–Kier alpha value is -7.17. The van der Waals surface area contributed by atoms with Crippen LogP contribution in [0.3, 0.4) is 0 Å². The first kappa shape index (κ1) is 31.6. The lowest BCUT2D eigenvalue weighted by atomic mass is 9.67. The zero-order valence-corrected chi connectivity index (χ0v) is 29.4. The van der Waals surface area contributed by atoms with Gasteiger partial charge in [0.25, 0.3) is 0 Å². The molecule has 54 heavy (non-hydrogen) atoms. The number of rotatable bonds is 6. The number of aromatic nitrogens is 3. The Bertz CT molecular complexity index is 2760. The lowest BCUT2D eigenvalue weighted by Crippen LogP contribution is -2.28. The minimum absolute atomic E-state index is 0.576. The van der Waals surface area contributed by atoms with Gasteiger partial charge in [-0.3, -0.25) is 0 Å². The molecule has 4 nitrogen and oxygen atoms in total. The summed E-state index contributed by atoms with van der Waals surface area (Å²) in [4.78, 5) is 14.9. The van der Waals surface area contributed by atoms with E-state index in [1.807, 2.05) is 66.7 Å². The summed E-state index contributed by atoms with van der Waals surface area (Å²) in [6.45, 7) is 0. The number of benzene rings is 8. The smallest absolute Gasteiger partial charge is 0.164 e. The molecular formula is C50H34N4. The minimum atomic E-state index is -0.576. The highest BCUT2D eigenvalue weighted by Gasteiger charge is 2.47. The number of hydrogen-bond acceptors (Lipinski definition) is 4. The van der Waals surface area contributed by atoms with Crippen molar-refractivity contribution in [3.63, 3.8) is 0 Å². The van der Waals surface area contributed by atoms with E-state index in [4.69, 9.17) is 20.7 Å². The van der Waals surface area contributed by atoms with E-state index < -0.39 is 5.41 Å². The number of fused-ring (bicyclic) bond motifs is 5. The predicted molar refractivity (Wildman–Crippen MR) is 221 cm³/mol. The number of hydrogen-bond donors (Lipinski definition) is 1. The van der Waals surface area contributed by atoms with Gasteiger partial charge in [-0.05, 0) is 73.5 Å². The molecule has 0 radical (unpaired) electrons. The fraction of sp³-hybridized carbons (Fsp3) is 0.0200. The van der Waals surface area contributed by atoms with Crippen molar-refractivity contribution < 1.29 is 0 Å². The second kappa shape index (κ2) is 12.8. The van der Waals surface area contributed by atoms with Crippen LogP contribution in [-0.2, 0) is 5.41 Å². The van der Waals surface area contributed by atoms with Crippen molar-refractivity contribution in [1.29, 1.82) is 0 Å². The van der Waals surface area contributed by atoms with Gasteiger partial charge in [0.2, 0.25) is 0 Å². The summed E-state index contributed by atoms with van der Waals surface area (Å²) in [6, 6.07) is 68.2. The first-order valence-corrected chi connectivity index (χ1v) is 18.2. The summed E-state index contributed by atoms with van der Waals surface area (Å²) in [6.07, 6.45) is 0. The van der Waals surface area contributed by atoms with E-state index >= 15 is 0 Å². The maximum Gasteiger partial charge on any atom is 0.164 e. The molecule has 254 valence electrons. The van der Waals surface area contributed by atoms with Crippen molar-refractivity contribution >= 4 is 16.5 Å². The third kappa shape index (κ3) is 5.03. The molecule has 8 aromatic carbocycles. The molecule has 1 aliphatic rings. The third-order valence-electron chi connectivity index (χ3n) is 10.7. The third-order valence-corrected chi connectivity index (χ3v) is 10.7. The van der Waals surface area contributed by atoms with Crippen molar-refractivity contribution in [3.8, 4) is 56.4 Å². The van der Waals surface area contributed by atoms with Crippen molar-refractivity contribution in [1.82, 2.24) is 15.0 Å². The molecule has 1 atom stereocenters. The summed E-state index contributed by atoms with van der Waals surface area (Å²) >= 11 is 0. The Labute approximate surface area is 314 Å². The first-order valence-electron chi connectivity index (χ1n) is 18.2. The molecule has 0 aliphatic heterocycles. The topological polar surface area (TPSA) is 64.7 Å². The quantitative estimate of drug-likeness (QED) is 0.176. The number of nitrogen functional groups attached to an aromatic ring is 1. The Morgan fingerprint density at radius 1 is 0.352 bits per heavy atom. The van der Waals surface area contributed by atoms with E-state index in [1.54, 1.807) is 0 Å². The highest BCUT2D eigenvalue weighted by molar-refractivity contribution is 6.10. The van der Waals surface area contributed by atoms with Crippen LogP contribution in [0.5, 0.6) is 0 Å². The molecular weight excluding hydrogens is 657 g/mol. The molecule has 0 bridgehead atoms. The Balaban J connectivity index is 1.18. The van der Waals surface area contributed by atoms with Crippen LogP contribution in [0.1, 0.15) is 22.3 Å². The normalized spacial score (nSPS) is 14.4. The standard InChI is InChI=1S/C50H34N4/c51-39-22-14-21-38(31-39)50(37-19-8-3-9-20-37)44-26-13-12-25-42(44)46-41-24-11-10-23-40(41)43(32-45(46)50)33-27-29-36(30-28-33)49-53-47(34-15-4-1-5-16-34)52-48(54-49)35-17-6-2-7-18-35/h1-32H,51H2. The predicted octanol–water partition coefficient (Wildman–Crippen LogP) is 11.6. The minimum Gasteiger partial charge on any atom is -0.399 e. The maximum atomic E-state index is 6.55. The van der Waals surface area contributed by atoms with E-state index in [2.05, 4.69) is 127 Å². The molecule has 1 heterocycles. The lowest BCUT2D eigenvalue weighted by molar-refractivity contribution is 0.770. The summed E-state index contributed by atoms with van der Waals surface area (Å²) < 4.78 is 0. The van der Waals surface area contributed by atoms with Crippen LogP contribution in [0.4, 0.5) is 5.69 Å². The molecule has 0 saturated heterocycles. The molecule has 9 aromatic rings. The van der Waals surface area contributed by atoms with Gasteiger partial charge in [0.05, 0.1) is 5.41 Å². The van der Waals surface area contributed by atoms with E-state index in [1.165, 1.54) is 44.2 Å². The van der Waals surface area contributed by atoms with Crippen molar-refractivity contribution in [3.05, 3.63) is 216 Å². The van der Waals surface area contributed by atoms with Gasteiger partial charge in [0, 0.05) is 22.4 Å². The molecule has 0 spiro atoms. The van der Waals surface area contributed by atoms with Crippen LogP contribution in [0.15, 0.2) is 194 Å². The molecule has 10 rings (SSSR count). The Morgan fingerprint density at radius 3 is 1.48 bits per heavy atom. The Kier molecular flexibility index (Phi) is 7.48. The Morgan fingerprint density at radius 2 is 0.852 bits per heavy atom. The van der Waals surface area contributed by atoms with Crippen LogP contribution < -0.4 is 5.73 Å². The average molecular weight is 691 g/mol. The summed E-state index contributed by atoms with van der Waals surface area (Å²) in [5.41, 5.74) is 19.2. The van der Waals surface area contributed by atoms with Crippen molar-refractivity contribution in [2.75, 3.05) is 5.73 Å². The molecule has 1 aromatic heterocycles. The fourth-order valence-electron chi connectivity index (χ4n) is 8.36. The number of nitrogens with zero attached hydrogens (tertiary/aromatic N) is 3.